The maximum absolute atomic E-state index is 12.6. The van der Waals surface area contributed by atoms with Crippen LogP contribution in [0.15, 0.2) is 4.99 Å². The number of nitrogens with one attached hydrogen (secondary N) is 2. The second-order valence-corrected chi connectivity index (χ2v) is 9.18. The number of halogens is 1. The molecule has 2 aliphatic heterocycles. The molecule has 2 aliphatic rings. The lowest BCUT2D eigenvalue weighted by atomic mass is 9.84. The number of nitrogens with zero attached hydrogens (tertiary/aromatic N) is 2. The summed E-state index contributed by atoms with van der Waals surface area (Å²) in [5.74, 6) is 0.742. The first-order valence-corrected chi connectivity index (χ1v) is 11.0. The number of amides is 1. The van der Waals surface area contributed by atoms with E-state index in [9.17, 15) is 9.90 Å². The van der Waals surface area contributed by atoms with Gasteiger partial charge in [-0.1, -0.05) is 0 Å². The van der Waals surface area contributed by atoms with Crippen LogP contribution in [0.25, 0.3) is 0 Å². The van der Waals surface area contributed by atoms with Gasteiger partial charge in [0.05, 0.1) is 19.2 Å². The third-order valence-corrected chi connectivity index (χ3v) is 5.50. The van der Waals surface area contributed by atoms with E-state index in [-0.39, 0.29) is 48.1 Å². The van der Waals surface area contributed by atoms with E-state index < -0.39 is 5.60 Å². The molecule has 0 aliphatic carbocycles. The van der Waals surface area contributed by atoms with Crippen molar-refractivity contribution in [3.8, 4) is 0 Å². The molecule has 0 bridgehead atoms. The van der Waals surface area contributed by atoms with Crippen LogP contribution >= 0.6 is 24.0 Å². The van der Waals surface area contributed by atoms with Gasteiger partial charge in [-0.2, -0.15) is 0 Å². The molecule has 1 amide bonds. The highest BCUT2D eigenvalue weighted by molar-refractivity contribution is 14.0. The van der Waals surface area contributed by atoms with Crippen molar-refractivity contribution in [1.82, 2.24) is 15.5 Å². The van der Waals surface area contributed by atoms with Crippen LogP contribution in [0.4, 0.5) is 4.79 Å². The molecular weight excluding hydrogens is 499 g/mol. The fourth-order valence-electron chi connectivity index (χ4n) is 3.86. The lowest BCUT2D eigenvalue weighted by Gasteiger charge is -2.37. The Bertz CT molecular complexity index is 548. The lowest BCUT2D eigenvalue weighted by Crippen LogP contribution is -2.52. The summed E-state index contributed by atoms with van der Waals surface area (Å²) in [7, 11) is 0. The van der Waals surface area contributed by atoms with E-state index in [1.807, 2.05) is 32.6 Å². The lowest BCUT2D eigenvalue weighted by molar-refractivity contribution is 0.0104. The van der Waals surface area contributed by atoms with Crippen LogP contribution < -0.4 is 10.6 Å². The summed E-state index contributed by atoms with van der Waals surface area (Å²) in [5.41, 5.74) is -0.572. The molecule has 2 atom stereocenters. The van der Waals surface area contributed by atoms with Gasteiger partial charge in [0, 0.05) is 38.3 Å². The van der Waals surface area contributed by atoms with Gasteiger partial charge in [-0.3, -0.25) is 4.99 Å². The monoisotopic (exact) mass is 540 g/mol. The van der Waals surface area contributed by atoms with Gasteiger partial charge >= 0.3 is 6.09 Å². The number of aliphatic hydroxyl groups is 1. The van der Waals surface area contributed by atoms with Gasteiger partial charge in [0.1, 0.15) is 5.60 Å². The molecule has 8 nitrogen and oxygen atoms in total. The molecule has 0 radical (unpaired) electrons. The van der Waals surface area contributed by atoms with Gasteiger partial charge in [-0.15, -0.1) is 24.0 Å². The smallest absolute Gasteiger partial charge is 0.410 e. The third-order valence-electron chi connectivity index (χ3n) is 5.50. The zero-order valence-corrected chi connectivity index (χ0v) is 21.4. The number of carbonyl (C=O) groups is 1. The minimum atomic E-state index is -0.493. The van der Waals surface area contributed by atoms with Crippen LogP contribution in [0.1, 0.15) is 59.8 Å². The maximum atomic E-state index is 12.6. The van der Waals surface area contributed by atoms with E-state index in [0.717, 1.165) is 51.3 Å². The maximum Gasteiger partial charge on any atom is 0.410 e. The Hall–Kier alpha value is -0.810. The Morgan fingerprint density at radius 3 is 2.70 bits per heavy atom. The normalized spacial score (nSPS) is 24.9. The van der Waals surface area contributed by atoms with Crippen molar-refractivity contribution in [1.29, 1.82) is 0 Å². The summed E-state index contributed by atoms with van der Waals surface area (Å²) in [5, 5.41) is 16.1. The van der Waals surface area contributed by atoms with Crippen LogP contribution in [0.5, 0.6) is 0 Å². The van der Waals surface area contributed by atoms with E-state index >= 15 is 0 Å². The van der Waals surface area contributed by atoms with Crippen LogP contribution in [0.3, 0.4) is 0 Å². The highest BCUT2D eigenvalue weighted by Crippen LogP contribution is 2.32. The van der Waals surface area contributed by atoms with Crippen molar-refractivity contribution in [2.45, 2.75) is 71.4 Å². The van der Waals surface area contributed by atoms with Gasteiger partial charge < -0.3 is 30.1 Å². The highest BCUT2D eigenvalue weighted by atomic mass is 127. The number of hydrogen-bond acceptors (Lipinski definition) is 5. The molecule has 176 valence electrons. The molecule has 0 aromatic rings. The number of aliphatic hydroxyl groups excluding tert-OH is 1. The van der Waals surface area contributed by atoms with E-state index in [0.29, 0.717) is 26.1 Å². The Labute approximate surface area is 198 Å². The number of piperidine rings is 1. The number of guanidine groups is 1. The number of hydrogen-bond donors (Lipinski definition) is 3. The SMILES string of the molecule is CCNC(=NCC1(CCO)CCOC1)NCC1CCCCN1C(=O)OC(C)(C)C.I. The fourth-order valence-corrected chi connectivity index (χ4v) is 3.86. The van der Waals surface area contributed by atoms with Crippen LogP contribution in [-0.2, 0) is 9.47 Å². The van der Waals surface area contributed by atoms with Crippen LogP contribution in [-0.4, -0.2) is 79.7 Å². The minimum absolute atomic E-state index is 0. The average molecular weight is 540 g/mol. The molecule has 2 unspecified atom stereocenters. The molecule has 0 aromatic carbocycles. The van der Waals surface area contributed by atoms with Crippen LogP contribution in [0, 0.1) is 5.41 Å². The molecule has 9 heteroatoms. The zero-order chi connectivity index (χ0) is 21.3. The summed E-state index contributed by atoms with van der Waals surface area (Å²) in [6.07, 6.45) is 4.45. The predicted octanol–water partition coefficient (Wildman–Crippen LogP) is 2.74. The zero-order valence-electron chi connectivity index (χ0n) is 19.0. The first kappa shape index (κ1) is 27.2. The number of aliphatic imine (C=N–C) groups is 1. The van der Waals surface area contributed by atoms with Crippen molar-refractivity contribution >= 4 is 36.0 Å². The highest BCUT2D eigenvalue weighted by Gasteiger charge is 2.34. The summed E-state index contributed by atoms with van der Waals surface area (Å²) >= 11 is 0. The third kappa shape index (κ3) is 8.74. The quantitative estimate of drug-likeness (QED) is 0.261. The van der Waals surface area contributed by atoms with E-state index in [4.69, 9.17) is 14.5 Å². The largest absolute Gasteiger partial charge is 0.444 e. The van der Waals surface area contributed by atoms with E-state index in [1.54, 1.807) is 0 Å². The van der Waals surface area contributed by atoms with Crippen molar-refractivity contribution in [2.75, 3.05) is 46.0 Å². The second-order valence-electron chi connectivity index (χ2n) is 9.18. The Morgan fingerprint density at radius 2 is 2.10 bits per heavy atom. The number of rotatable bonds is 7. The summed E-state index contributed by atoms with van der Waals surface area (Å²) in [6, 6.07) is 0.0867. The molecule has 2 heterocycles. The molecule has 0 saturated carbocycles. The molecule has 2 fully saturated rings. The number of ether oxygens (including phenoxy) is 2. The number of carbonyl (C=O) groups excluding carboxylic acids is 1. The van der Waals surface area contributed by atoms with Gasteiger partial charge in [0.2, 0.25) is 0 Å². The fraction of sp³-hybridized carbons (Fsp3) is 0.905. The molecule has 3 N–H and O–H groups in total. The second kappa shape index (κ2) is 12.9. The molecule has 0 aromatic heterocycles. The van der Waals surface area contributed by atoms with Gasteiger partial charge in [-0.05, 0) is 59.8 Å². The summed E-state index contributed by atoms with van der Waals surface area (Å²) in [6.45, 7) is 12.0. The molecule has 0 spiro atoms. The van der Waals surface area contributed by atoms with E-state index in [1.165, 1.54) is 0 Å². The Kier molecular flexibility index (Phi) is 11.7. The van der Waals surface area contributed by atoms with Crippen molar-refractivity contribution < 1.29 is 19.4 Å². The first-order chi connectivity index (χ1) is 13.8. The standard InChI is InChI=1S/C21H40N4O4.HI/c1-5-22-18(24-15-21(9-12-26)10-13-28-16-21)23-14-17-8-6-7-11-25(17)19(27)29-20(2,3)4;/h17,26H,5-16H2,1-4H3,(H2,22,23,24);1H. The summed E-state index contributed by atoms with van der Waals surface area (Å²) in [4.78, 5) is 19.2. The molecular formula is C21H41IN4O4. The topological polar surface area (TPSA) is 95.4 Å². The summed E-state index contributed by atoms with van der Waals surface area (Å²) < 4.78 is 11.2. The molecule has 30 heavy (non-hydrogen) atoms. The van der Waals surface area contributed by atoms with Gasteiger partial charge in [-0.25, -0.2) is 4.79 Å². The Morgan fingerprint density at radius 1 is 1.33 bits per heavy atom. The van der Waals surface area contributed by atoms with Crippen molar-refractivity contribution in [3.63, 3.8) is 0 Å². The van der Waals surface area contributed by atoms with Crippen molar-refractivity contribution in [3.05, 3.63) is 0 Å². The average Bonchev–Trinajstić information content (AvgIpc) is 3.12. The van der Waals surface area contributed by atoms with Gasteiger partial charge in [0.15, 0.2) is 5.96 Å². The minimum Gasteiger partial charge on any atom is -0.444 e. The first-order valence-electron chi connectivity index (χ1n) is 11.0. The van der Waals surface area contributed by atoms with Crippen LogP contribution in [0.2, 0.25) is 0 Å². The Balaban J connectivity index is 0.00000450. The van der Waals surface area contributed by atoms with E-state index in [2.05, 4.69) is 10.6 Å². The molecule has 2 rings (SSSR count). The predicted molar refractivity (Wildman–Crippen MR) is 130 cm³/mol. The number of likely N-dealkylation sites (tertiary alicyclic amines) is 1. The van der Waals surface area contributed by atoms with Crippen molar-refractivity contribution in [2.24, 2.45) is 10.4 Å². The van der Waals surface area contributed by atoms with Gasteiger partial charge in [0.25, 0.3) is 0 Å². The molecule has 2 saturated heterocycles.